The van der Waals surface area contributed by atoms with Gasteiger partial charge in [0.25, 0.3) is 0 Å². The molecule has 1 aliphatic rings. The highest BCUT2D eigenvalue weighted by atomic mass is 19.1. The minimum Gasteiger partial charge on any atom is -0.507 e. The summed E-state index contributed by atoms with van der Waals surface area (Å²) in [6, 6.07) is 7.89. The Balaban J connectivity index is 1.78. The zero-order valence-corrected chi connectivity index (χ0v) is 16.7. The van der Waals surface area contributed by atoms with Crippen LogP contribution in [0.1, 0.15) is 32.6 Å². The van der Waals surface area contributed by atoms with Crippen LogP contribution < -0.4 is 10.2 Å². The third-order valence-corrected chi connectivity index (χ3v) is 5.48. The monoisotopic (exact) mass is 402 g/mol. The molecule has 1 heterocycles. The Morgan fingerprint density at radius 1 is 1.24 bits per heavy atom. The Morgan fingerprint density at radius 3 is 2.62 bits per heavy atom. The highest BCUT2D eigenvalue weighted by molar-refractivity contribution is 5.89. The van der Waals surface area contributed by atoms with E-state index < -0.39 is 6.17 Å². The number of hydrogen-bond acceptors (Lipinski definition) is 6. The van der Waals surface area contributed by atoms with Crippen LogP contribution in [-0.2, 0) is 4.79 Å². The van der Waals surface area contributed by atoms with E-state index >= 15 is 0 Å². The van der Waals surface area contributed by atoms with Gasteiger partial charge in [0.15, 0.2) is 5.82 Å². The van der Waals surface area contributed by atoms with Gasteiger partial charge in [0.1, 0.15) is 11.9 Å². The van der Waals surface area contributed by atoms with E-state index in [0.29, 0.717) is 35.6 Å². The number of halogens is 1. The second kappa shape index (κ2) is 9.17. The standard InChI is InChI=1S/C21H27FN4O3/c1-13(28)23-15-7-8-16(19(29)11-15)17-9-10-20(25-24-17)26(2)18-6-4-3-5-14(12-27)21(18)22/h7-11,14,18,21,27,29H,3-6,12H2,1-2H3,(H,23,28)/t14-,18-,21+/m0/s1. The van der Waals surface area contributed by atoms with Gasteiger partial charge < -0.3 is 20.4 Å². The van der Waals surface area contributed by atoms with Crippen LogP contribution >= 0.6 is 0 Å². The molecule has 0 unspecified atom stereocenters. The van der Waals surface area contributed by atoms with Crippen LogP contribution in [0.4, 0.5) is 15.9 Å². The highest BCUT2D eigenvalue weighted by Gasteiger charge is 2.34. The summed E-state index contributed by atoms with van der Waals surface area (Å²) in [7, 11) is 1.79. The van der Waals surface area contributed by atoms with Gasteiger partial charge in [0, 0.05) is 43.8 Å². The number of aliphatic hydroxyl groups is 1. The number of phenolic OH excluding ortho intramolecular Hbond substituents is 1. The van der Waals surface area contributed by atoms with E-state index in [1.165, 1.54) is 13.0 Å². The molecule has 1 aliphatic carbocycles. The van der Waals surface area contributed by atoms with Gasteiger partial charge in [0.2, 0.25) is 5.91 Å². The molecule has 0 bridgehead atoms. The third-order valence-electron chi connectivity index (χ3n) is 5.48. The maximum absolute atomic E-state index is 14.9. The summed E-state index contributed by atoms with van der Waals surface area (Å²) in [6.07, 6.45) is 2.09. The van der Waals surface area contributed by atoms with Crippen molar-refractivity contribution >= 4 is 17.4 Å². The molecule has 3 atom stereocenters. The fourth-order valence-corrected chi connectivity index (χ4v) is 3.85. The van der Waals surface area contributed by atoms with Gasteiger partial charge >= 0.3 is 0 Å². The smallest absolute Gasteiger partial charge is 0.221 e. The molecule has 3 N–H and O–H groups in total. The van der Waals surface area contributed by atoms with Crippen molar-refractivity contribution in [2.75, 3.05) is 23.9 Å². The number of hydrogen-bond donors (Lipinski definition) is 3. The number of aromatic nitrogens is 2. The quantitative estimate of drug-likeness (QED) is 0.665. The summed E-state index contributed by atoms with van der Waals surface area (Å²) in [6.45, 7) is 1.24. The van der Waals surface area contributed by atoms with Crippen LogP contribution in [0.15, 0.2) is 30.3 Å². The topological polar surface area (TPSA) is 98.6 Å². The average Bonchev–Trinajstić information content (AvgIpc) is 2.88. The fourth-order valence-electron chi connectivity index (χ4n) is 3.85. The molecular weight excluding hydrogens is 375 g/mol. The molecule has 0 aliphatic heterocycles. The van der Waals surface area contributed by atoms with Crippen molar-refractivity contribution < 1.29 is 19.4 Å². The fraction of sp³-hybridized carbons (Fsp3) is 0.476. The third kappa shape index (κ3) is 4.82. The maximum atomic E-state index is 14.9. The molecule has 29 heavy (non-hydrogen) atoms. The number of benzene rings is 1. The number of nitrogens with zero attached hydrogens (tertiary/aromatic N) is 3. The van der Waals surface area contributed by atoms with Crippen molar-refractivity contribution in [3.05, 3.63) is 30.3 Å². The van der Waals surface area contributed by atoms with Crippen LogP contribution in [0, 0.1) is 5.92 Å². The van der Waals surface area contributed by atoms with Gasteiger partial charge in [-0.05, 0) is 37.1 Å². The van der Waals surface area contributed by atoms with Crippen LogP contribution in [0.2, 0.25) is 0 Å². The van der Waals surface area contributed by atoms with Crippen LogP contribution in [0.3, 0.4) is 0 Å². The molecule has 0 saturated heterocycles. The first-order chi connectivity index (χ1) is 13.9. The number of aromatic hydroxyl groups is 1. The van der Waals surface area contributed by atoms with Gasteiger partial charge in [0.05, 0.1) is 11.7 Å². The predicted molar refractivity (Wildman–Crippen MR) is 110 cm³/mol. The molecule has 0 spiro atoms. The molecule has 7 nitrogen and oxygen atoms in total. The summed E-state index contributed by atoms with van der Waals surface area (Å²) in [5.41, 5.74) is 1.45. The second-order valence-corrected chi connectivity index (χ2v) is 7.54. The number of carbonyl (C=O) groups excluding carboxylic acids is 1. The number of aliphatic hydroxyl groups excluding tert-OH is 1. The van der Waals surface area contributed by atoms with Gasteiger partial charge in [-0.15, -0.1) is 10.2 Å². The van der Waals surface area contributed by atoms with Gasteiger partial charge in [-0.1, -0.05) is 12.8 Å². The van der Waals surface area contributed by atoms with Crippen molar-refractivity contribution in [1.29, 1.82) is 0 Å². The first-order valence-corrected chi connectivity index (χ1v) is 9.83. The molecule has 8 heteroatoms. The Morgan fingerprint density at radius 2 is 2.00 bits per heavy atom. The van der Waals surface area contributed by atoms with E-state index in [2.05, 4.69) is 15.5 Å². The summed E-state index contributed by atoms with van der Waals surface area (Å²) < 4.78 is 14.9. The van der Waals surface area contributed by atoms with E-state index in [1.54, 1.807) is 36.2 Å². The molecule has 2 aromatic rings. The molecule has 0 radical (unpaired) electrons. The Hall–Kier alpha value is -2.74. The minimum atomic E-state index is -1.13. The zero-order valence-electron chi connectivity index (χ0n) is 16.7. The second-order valence-electron chi connectivity index (χ2n) is 7.54. The van der Waals surface area contributed by atoms with Crippen molar-refractivity contribution in [2.24, 2.45) is 5.92 Å². The Kier molecular flexibility index (Phi) is 6.64. The van der Waals surface area contributed by atoms with Gasteiger partial charge in [-0.3, -0.25) is 4.79 Å². The van der Waals surface area contributed by atoms with Crippen molar-refractivity contribution in [2.45, 2.75) is 44.8 Å². The number of phenols is 1. The summed E-state index contributed by atoms with van der Waals surface area (Å²) in [4.78, 5) is 12.9. The minimum absolute atomic E-state index is 0.0231. The van der Waals surface area contributed by atoms with Crippen molar-refractivity contribution in [1.82, 2.24) is 10.2 Å². The summed E-state index contributed by atoms with van der Waals surface area (Å²) >= 11 is 0. The highest BCUT2D eigenvalue weighted by Crippen LogP contribution is 2.33. The lowest BCUT2D eigenvalue weighted by molar-refractivity contribution is -0.114. The molecule has 156 valence electrons. The Labute approximate surface area is 169 Å². The number of amides is 1. The molecule has 1 aromatic heterocycles. The SMILES string of the molecule is CC(=O)Nc1ccc(-c2ccc(N(C)[C@H]3CCCC[C@@H](CO)[C@H]3F)nn2)c(O)c1. The Bertz CT molecular complexity index is 846. The lowest BCUT2D eigenvalue weighted by atomic mass is 9.96. The summed E-state index contributed by atoms with van der Waals surface area (Å²) in [5.74, 6) is -0.0620. The molecule has 1 saturated carbocycles. The number of rotatable bonds is 5. The molecule has 3 rings (SSSR count). The molecular formula is C21H27FN4O3. The van der Waals surface area contributed by atoms with E-state index in [-0.39, 0.29) is 30.2 Å². The largest absolute Gasteiger partial charge is 0.507 e. The molecule has 1 aromatic carbocycles. The van der Waals surface area contributed by atoms with E-state index in [0.717, 1.165) is 12.8 Å². The number of nitrogens with one attached hydrogen (secondary N) is 1. The molecule has 1 amide bonds. The van der Waals surface area contributed by atoms with Crippen LogP contribution in [0.5, 0.6) is 5.75 Å². The van der Waals surface area contributed by atoms with Crippen molar-refractivity contribution in [3.63, 3.8) is 0 Å². The lowest BCUT2D eigenvalue weighted by Crippen LogP contribution is -2.43. The molecule has 1 fully saturated rings. The van der Waals surface area contributed by atoms with E-state index in [9.17, 15) is 19.4 Å². The number of anilines is 2. The summed E-state index contributed by atoms with van der Waals surface area (Å²) in [5, 5.41) is 30.8. The number of alkyl halides is 1. The first-order valence-electron chi connectivity index (χ1n) is 9.83. The first kappa shape index (κ1) is 21.0. The van der Waals surface area contributed by atoms with Gasteiger partial charge in [-0.25, -0.2) is 4.39 Å². The zero-order chi connectivity index (χ0) is 21.0. The van der Waals surface area contributed by atoms with Crippen molar-refractivity contribution in [3.8, 4) is 17.0 Å². The van der Waals surface area contributed by atoms with E-state index in [1.807, 2.05) is 0 Å². The average molecular weight is 402 g/mol. The predicted octanol–water partition coefficient (Wildman–Crippen LogP) is 3.13. The van der Waals surface area contributed by atoms with Crippen LogP contribution in [-0.4, -0.2) is 52.2 Å². The maximum Gasteiger partial charge on any atom is 0.221 e. The lowest BCUT2D eigenvalue weighted by Gasteiger charge is -2.32. The van der Waals surface area contributed by atoms with E-state index in [4.69, 9.17) is 0 Å². The van der Waals surface area contributed by atoms with Crippen LogP contribution in [0.25, 0.3) is 11.3 Å². The van der Waals surface area contributed by atoms with Gasteiger partial charge in [-0.2, -0.15) is 0 Å². The number of carbonyl (C=O) groups is 1. The normalized spacial score (nSPS) is 22.0.